The molecule has 0 heterocycles. The van der Waals surface area contributed by atoms with E-state index in [9.17, 15) is 9.50 Å². The van der Waals surface area contributed by atoms with Crippen molar-refractivity contribution >= 4 is 0 Å². The molecule has 96 valence electrons. The Morgan fingerprint density at radius 1 is 1.29 bits per heavy atom. The van der Waals surface area contributed by atoms with Gasteiger partial charge in [-0.15, -0.1) is 0 Å². The van der Waals surface area contributed by atoms with E-state index in [4.69, 9.17) is 0 Å². The minimum atomic E-state index is -0.329. The Bertz CT molecular complexity index is 341. The molecule has 0 bridgehead atoms. The van der Waals surface area contributed by atoms with E-state index in [2.05, 4.69) is 5.32 Å². The molecule has 0 fully saturated rings. The zero-order valence-electron chi connectivity index (χ0n) is 10.8. The van der Waals surface area contributed by atoms with Gasteiger partial charge in [0.2, 0.25) is 0 Å². The molecule has 2 N–H and O–H groups in total. The van der Waals surface area contributed by atoms with Crippen LogP contribution in [0.2, 0.25) is 0 Å². The van der Waals surface area contributed by atoms with E-state index in [1.54, 1.807) is 12.1 Å². The Balaban J connectivity index is 2.37. The number of rotatable bonds is 6. The van der Waals surface area contributed by atoms with E-state index in [0.29, 0.717) is 6.54 Å². The van der Waals surface area contributed by atoms with Crippen LogP contribution in [0, 0.1) is 11.7 Å². The summed E-state index contributed by atoms with van der Waals surface area (Å²) in [4.78, 5) is 0. The molecule has 1 aromatic rings. The van der Waals surface area contributed by atoms with Crippen molar-refractivity contribution in [2.24, 2.45) is 5.92 Å². The molecule has 0 saturated heterocycles. The van der Waals surface area contributed by atoms with Crippen LogP contribution in [0.15, 0.2) is 24.3 Å². The summed E-state index contributed by atoms with van der Waals surface area (Å²) in [5, 5.41) is 12.9. The van der Waals surface area contributed by atoms with Crippen molar-refractivity contribution in [3.8, 4) is 0 Å². The number of nitrogens with one attached hydrogen (secondary N) is 1. The molecule has 17 heavy (non-hydrogen) atoms. The lowest BCUT2D eigenvalue weighted by molar-refractivity contribution is 0.120. The van der Waals surface area contributed by atoms with Crippen LogP contribution in [0.1, 0.15) is 26.3 Å². The van der Waals surface area contributed by atoms with Gasteiger partial charge in [0.25, 0.3) is 0 Å². The molecule has 1 rings (SSSR count). The molecule has 0 aromatic heterocycles. The van der Waals surface area contributed by atoms with Crippen molar-refractivity contribution in [2.75, 3.05) is 6.54 Å². The monoisotopic (exact) mass is 239 g/mol. The summed E-state index contributed by atoms with van der Waals surface area (Å²) in [6.07, 6.45) is 0.438. The second kappa shape index (κ2) is 6.72. The lowest BCUT2D eigenvalue weighted by Gasteiger charge is -2.19. The average Bonchev–Trinajstić information content (AvgIpc) is 2.25. The Hall–Kier alpha value is -0.930. The molecule has 0 amide bonds. The first-order chi connectivity index (χ1) is 7.99. The van der Waals surface area contributed by atoms with Gasteiger partial charge >= 0.3 is 0 Å². The Labute approximate surface area is 103 Å². The van der Waals surface area contributed by atoms with Crippen LogP contribution < -0.4 is 5.32 Å². The molecular formula is C14H22FNO. The summed E-state index contributed by atoms with van der Waals surface area (Å²) in [5.41, 5.74) is 0.976. The SMILES string of the molecule is CC(Cc1cccc(F)c1)NCC(O)C(C)C. The molecule has 0 aliphatic heterocycles. The fourth-order valence-corrected chi connectivity index (χ4v) is 1.65. The number of benzene rings is 1. The summed E-state index contributed by atoms with van der Waals surface area (Å²) < 4.78 is 13.0. The quantitative estimate of drug-likeness (QED) is 0.798. The Morgan fingerprint density at radius 2 is 2.00 bits per heavy atom. The zero-order chi connectivity index (χ0) is 12.8. The Kier molecular flexibility index (Phi) is 5.59. The van der Waals surface area contributed by atoms with E-state index < -0.39 is 0 Å². The third kappa shape index (κ3) is 5.29. The maximum atomic E-state index is 13.0. The molecule has 0 saturated carbocycles. The summed E-state index contributed by atoms with van der Waals surface area (Å²) in [5.74, 6) is 0.0563. The van der Waals surface area contributed by atoms with Gasteiger partial charge < -0.3 is 10.4 Å². The first-order valence-electron chi connectivity index (χ1n) is 6.15. The molecule has 1 aromatic carbocycles. The number of aliphatic hydroxyl groups excluding tert-OH is 1. The normalized spacial score (nSPS) is 14.9. The molecule has 0 spiro atoms. The first-order valence-corrected chi connectivity index (χ1v) is 6.15. The molecule has 2 nitrogen and oxygen atoms in total. The number of hydrogen-bond acceptors (Lipinski definition) is 2. The fourth-order valence-electron chi connectivity index (χ4n) is 1.65. The van der Waals surface area contributed by atoms with Crippen LogP contribution in [0.25, 0.3) is 0 Å². The first kappa shape index (κ1) is 14.1. The van der Waals surface area contributed by atoms with Crippen molar-refractivity contribution in [3.63, 3.8) is 0 Å². The van der Waals surface area contributed by atoms with Crippen LogP contribution in [0.5, 0.6) is 0 Å². The highest BCUT2D eigenvalue weighted by molar-refractivity contribution is 5.17. The minimum Gasteiger partial charge on any atom is -0.392 e. The molecule has 2 unspecified atom stereocenters. The van der Waals surface area contributed by atoms with Crippen LogP contribution >= 0.6 is 0 Å². The fraction of sp³-hybridized carbons (Fsp3) is 0.571. The van der Waals surface area contributed by atoms with E-state index in [1.165, 1.54) is 6.07 Å². The molecule has 0 radical (unpaired) electrons. The van der Waals surface area contributed by atoms with Crippen molar-refractivity contribution in [3.05, 3.63) is 35.6 Å². The van der Waals surface area contributed by atoms with Crippen LogP contribution in [-0.4, -0.2) is 23.8 Å². The van der Waals surface area contributed by atoms with E-state index >= 15 is 0 Å². The zero-order valence-corrected chi connectivity index (χ0v) is 10.8. The van der Waals surface area contributed by atoms with E-state index in [-0.39, 0.29) is 23.9 Å². The Morgan fingerprint density at radius 3 is 2.59 bits per heavy atom. The van der Waals surface area contributed by atoms with Crippen molar-refractivity contribution < 1.29 is 9.50 Å². The third-order valence-corrected chi connectivity index (χ3v) is 2.88. The largest absolute Gasteiger partial charge is 0.392 e. The van der Waals surface area contributed by atoms with Crippen LogP contribution in [0.3, 0.4) is 0 Å². The van der Waals surface area contributed by atoms with Gasteiger partial charge in [-0.1, -0.05) is 26.0 Å². The van der Waals surface area contributed by atoms with Gasteiger partial charge in [0.1, 0.15) is 5.82 Å². The van der Waals surface area contributed by atoms with Gasteiger partial charge in [0.15, 0.2) is 0 Å². The second-order valence-electron chi connectivity index (χ2n) is 4.95. The number of halogens is 1. The summed E-state index contributed by atoms with van der Waals surface area (Å²) in [6, 6.07) is 6.87. The topological polar surface area (TPSA) is 32.3 Å². The highest BCUT2D eigenvalue weighted by atomic mass is 19.1. The molecule has 2 atom stereocenters. The van der Waals surface area contributed by atoms with Gasteiger partial charge in [0.05, 0.1) is 6.10 Å². The molecule has 0 aliphatic rings. The summed E-state index contributed by atoms with van der Waals surface area (Å²) >= 11 is 0. The van der Waals surface area contributed by atoms with Crippen LogP contribution in [0.4, 0.5) is 4.39 Å². The lowest BCUT2D eigenvalue weighted by atomic mass is 10.0. The van der Waals surface area contributed by atoms with Gasteiger partial charge in [0, 0.05) is 12.6 Å². The average molecular weight is 239 g/mol. The van der Waals surface area contributed by atoms with Gasteiger partial charge in [-0.05, 0) is 37.0 Å². The molecule has 0 aliphatic carbocycles. The predicted octanol–water partition coefficient (Wildman–Crippen LogP) is 2.36. The smallest absolute Gasteiger partial charge is 0.123 e. The third-order valence-electron chi connectivity index (χ3n) is 2.88. The molecule has 3 heteroatoms. The van der Waals surface area contributed by atoms with Crippen molar-refractivity contribution in [1.29, 1.82) is 0 Å². The standard InChI is InChI=1S/C14H22FNO/c1-10(2)14(17)9-16-11(3)7-12-5-4-6-13(15)8-12/h4-6,8,10-11,14,16-17H,7,9H2,1-3H3. The van der Waals surface area contributed by atoms with Gasteiger partial charge in [-0.25, -0.2) is 4.39 Å². The predicted molar refractivity (Wildman–Crippen MR) is 68.4 cm³/mol. The second-order valence-corrected chi connectivity index (χ2v) is 4.95. The maximum Gasteiger partial charge on any atom is 0.123 e. The summed E-state index contributed by atoms with van der Waals surface area (Å²) in [7, 11) is 0. The van der Waals surface area contributed by atoms with Gasteiger partial charge in [-0.2, -0.15) is 0 Å². The maximum absolute atomic E-state index is 13.0. The number of aliphatic hydroxyl groups is 1. The molecular weight excluding hydrogens is 217 g/mol. The van der Waals surface area contributed by atoms with Crippen LogP contribution in [-0.2, 0) is 6.42 Å². The minimum absolute atomic E-state index is 0.197. The number of hydrogen-bond donors (Lipinski definition) is 2. The van der Waals surface area contributed by atoms with Gasteiger partial charge in [-0.3, -0.25) is 0 Å². The van der Waals surface area contributed by atoms with Crippen molar-refractivity contribution in [1.82, 2.24) is 5.32 Å². The van der Waals surface area contributed by atoms with E-state index in [1.807, 2.05) is 26.8 Å². The van der Waals surface area contributed by atoms with Crippen molar-refractivity contribution in [2.45, 2.75) is 39.3 Å². The van der Waals surface area contributed by atoms with E-state index in [0.717, 1.165) is 12.0 Å². The lowest BCUT2D eigenvalue weighted by Crippen LogP contribution is -2.37. The highest BCUT2D eigenvalue weighted by Gasteiger charge is 2.10. The highest BCUT2D eigenvalue weighted by Crippen LogP contribution is 2.07. The summed E-state index contributed by atoms with van der Waals surface area (Å²) in [6.45, 7) is 6.60.